The lowest BCUT2D eigenvalue weighted by Gasteiger charge is -2.15. The number of unbranched alkanes of at least 4 members (excludes halogenated alkanes) is 1. The Hall–Kier alpha value is -0.0400. The van der Waals surface area contributed by atoms with Gasteiger partial charge in [0.05, 0.1) is 0 Å². The molecule has 0 heterocycles. The lowest BCUT2D eigenvalue weighted by molar-refractivity contribution is 0.356. The van der Waals surface area contributed by atoms with Crippen LogP contribution in [0.3, 0.4) is 0 Å². The van der Waals surface area contributed by atoms with E-state index in [9.17, 15) is 0 Å². The normalized spacial score (nSPS) is 14.1. The van der Waals surface area contributed by atoms with E-state index in [4.69, 9.17) is 0 Å². The van der Waals surface area contributed by atoms with Crippen molar-refractivity contribution in [2.45, 2.75) is 26.7 Å². The van der Waals surface area contributed by atoms with Crippen LogP contribution in [0, 0.1) is 12.3 Å². The smallest absolute Gasteiger partial charge is 0.000367 e. The van der Waals surface area contributed by atoms with E-state index in [-0.39, 0.29) is 0 Å². The second kappa shape index (κ2) is 5.72. The fourth-order valence-electron chi connectivity index (χ4n) is 1.10. The molecule has 0 aliphatic carbocycles. The van der Waals surface area contributed by atoms with Gasteiger partial charge in [0.25, 0.3) is 0 Å². The molecule has 0 aliphatic rings. The van der Waals surface area contributed by atoms with Gasteiger partial charge in [0.15, 0.2) is 0 Å². The molecule has 1 atom stereocenters. The van der Waals surface area contributed by atoms with Gasteiger partial charge in [-0.3, -0.25) is 0 Å². The van der Waals surface area contributed by atoms with E-state index in [1.54, 1.807) is 0 Å². The summed E-state index contributed by atoms with van der Waals surface area (Å²) in [6, 6.07) is 0. The van der Waals surface area contributed by atoms with Crippen molar-refractivity contribution < 1.29 is 0 Å². The first-order chi connectivity index (χ1) is 4.66. The van der Waals surface area contributed by atoms with E-state index in [1.807, 2.05) is 0 Å². The summed E-state index contributed by atoms with van der Waals surface area (Å²) in [6.45, 7) is 5.68. The van der Waals surface area contributed by atoms with Crippen LogP contribution in [0.5, 0.6) is 0 Å². The maximum Gasteiger partial charge on any atom is 0.000367 e. The van der Waals surface area contributed by atoms with Gasteiger partial charge in [-0.25, -0.2) is 0 Å². The molecule has 1 nitrogen and oxygen atoms in total. The van der Waals surface area contributed by atoms with Crippen molar-refractivity contribution in [3.05, 3.63) is 6.42 Å². The summed E-state index contributed by atoms with van der Waals surface area (Å²) in [4.78, 5) is 2.23. The molecule has 0 amide bonds. The first-order valence-corrected chi connectivity index (χ1v) is 4.14. The predicted octanol–water partition coefficient (Wildman–Crippen LogP) is 2.19. The van der Waals surface area contributed by atoms with Gasteiger partial charge in [0.2, 0.25) is 0 Å². The van der Waals surface area contributed by atoms with Crippen molar-refractivity contribution in [2.75, 3.05) is 20.6 Å². The highest BCUT2D eigenvalue weighted by Gasteiger charge is 2.01. The first-order valence-electron chi connectivity index (χ1n) is 4.14. The van der Waals surface area contributed by atoms with Gasteiger partial charge in [-0.15, -0.1) is 0 Å². The molecule has 61 valence electrons. The molecule has 1 heteroatoms. The molecule has 1 radical (unpaired) electrons. The van der Waals surface area contributed by atoms with Crippen LogP contribution in [0.2, 0.25) is 0 Å². The van der Waals surface area contributed by atoms with Gasteiger partial charge < -0.3 is 4.90 Å². The van der Waals surface area contributed by atoms with Crippen LogP contribution in [0.1, 0.15) is 26.7 Å². The molecule has 0 fully saturated rings. The molecule has 0 aromatic carbocycles. The number of hydrogen-bond acceptors (Lipinski definition) is 1. The van der Waals surface area contributed by atoms with E-state index >= 15 is 0 Å². The lowest BCUT2D eigenvalue weighted by atomic mass is 10.0. The van der Waals surface area contributed by atoms with E-state index in [1.165, 1.54) is 19.4 Å². The van der Waals surface area contributed by atoms with Crippen molar-refractivity contribution in [3.8, 4) is 0 Å². The Morgan fingerprint density at radius 2 is 2.00 bits per heavy atom. The Morgan fingerprint density at radius 3 is 2.40 bits per heavy atom. The monoisotopic (exact) mass is 142 g/mol. The first kappa shape index (κ1) is 9.96. The molecule has 0 saturated heterocycles. The summed E-state index contributed by atoms with van der Waals surface area (Å²) in [7, 11) is 4.24. The Morgan fingerprint density at radius 1 is 1.40 bits per heavy atom. The van der Waals surface area contributed by atoms with Crippen LogP contribution in [0.25, 0.3) is 0 Å². The molecule has 0 aromatic rings. The molecular formula is C9H20N. The lowest BCUT2D eigenvalue weighted by Crippen LogP contribution is -2.19. The molecule has 0 aromatic heterocycles. The zero-order valence-corrected chi connectivity index (χ0v) is 7.72. The Kier molecular flexibility index (Phi) is 5.70. The highest BCUT2D eigenvalue weighted by molar-refractivity contribution is 4.73. The van der Waals surface area contributed by atoms with Crippen LogP contribution in [0.15, 0.2) is 0 Å². The zero-order valence-electron chi connectivity index (χ0n) is 7.72. The van der Waals surface area contributed by atoms with Crippen LogP contribution in [-0.4, -0.2) is 25.5 Å². The number of rotatable bonds is 5. The second-order valence-corrected chi connectivity index (χ2v) is 3.26. The molecule has 1 unspecified atom stereocenters. The molecule has 0 bridgehead atoms. The van der Waals surface area contributed by atoms with Crippen molar-refractivity contribution in [1.29, 1.82) is 0 Å². The van der Waals surface area contributed by atoms with Gasteiger partial charge >= 0.3 is 0 Å². The molecule has 0 aliphatic heterocycles. The van der Waals surface area contributed by atoms with E-state index in [2.05, 4.69) is 39.3 Å². The van der Waals surface area contributed by atoms with Gasteiger partial charge in [-0.05, 0) is 26.4 Å². The highest BCUT2D eigenvalue weighted by Crippen LogP contribution is 2.05. The minimum atomic E-state index is 0.745. The third-order valence-electron chi connectivity index (χ3n) is 1.51. The van der Waals surface area contributed by atoms with Gasteiger partial charge in [0, 0.05) is 6.54 Å². The van der Waals surface area contributed by atoms with Crippen LogP contribution >= 0.6 is 0 Å². The summed E-state index contributed by atoms with van der Waals surface area (Å²) in [6.07, 6.45) is 4.94. The Labute approximate surface area is 65.4 Å². The predicted molar refractivity (Wildman–Crippen MR) is 46.9 cm³/mol. The quantitative estimate of drug-likeness (QED) is 0.568. The molecule has 0 saturated carbocycles. The van der Waals surface area contributed by atoms with E-state index in [0.29, 0.717) is 0 Å². The number of nitrogens with zero attached hydrogens (tertiary/aromatic N) is 1. The van der Waals surface area contributed by atoms with E-state index < -0.39 is 0 Å². The van der Waals surface area contributed by atoms with Crippen LogP contribution in [0.4, 0.5) is 0 Å². The standard InChI is InChI=1S/C9H20N/c1-5-6-7-9(2)8-10(3)4/h7,9H,5-6,8H2,1-4H3. The minimum absolute atomic E-state index is 0.745. The number of hydrogen-bond donors (Lipinski definition) is 0. The zero-order chi connectivity index (χ0) is 7.98. The molecule has 0 rings (SSSR count). The molecular weight excluding hydrogens is 122 g/mol. The SMILES string of the molecule is CCC[CH]C(C)CN(C)C. The topological polar surface area (TPSA) is 3.24 Å². The van der Waals surface area contributed by atoms with Gasteiger partial charge in [-0.2, -0.15) is 0 Å². The molecule has 10 heavy (non-hydrogen) atoms. The van der Waals surface area contributed by atoms with Crippen molar-refractivity contribution in [2.24, 2.45) is 5.92 Å². The fourth-order valence-corrected chi connectivity index (χ4v) is 1.10. The van der Waals surface area contributed by atoms with Crippen molar-refractivity contribution >= 4 is 0 Å². The minimum Gasteiger partial charge on any atom is -0.309 e. The summed E-state index contributed by atoms with van der Waals surface area (Å²) >= 11 is 0. The Balaban J connectivity index is 3.16. The maximum absolute atomic E-state index is 2.40. The summed E-state index contributed by atoms with van der Waals surface area (Å²) in [5.41, 5.74) is 0. The van der Waals surface area contributed by atoms with Gasteiger partial charge in [0.1, 0.15) is 0 Å². The fraction of sp³-hybridized carbons (Fsp3) is 0.889. The van der Waals surface area contributed by atoms with E-state index in [0.717, 1.165) is 5.92 Å². The van der Waals surface area contributed by atoms with Crippen LogP contribution in [-0.2, 0) is 0 Å². The maximum atomic E-state index is 2.40. The average Bonchev–Trinajstić information content (AvgIpc) is 1.82. The van der Waals surface area contributed by atoms with Gasteiger partial charge in [-0.1, -0.05) is 26.7 Å². The van der Waals surface area contributed by atoms with Crippen molar-refractivity contribution in [3.63, 3.8) is 0 Å². The highest BCUT2D eigenvalue weighted by atomic mass is 15.1. The second-order valence-electron chi connectivity index (χ2n) is 3.26. The summed E-state index contributed by atoms with van der Waals surface area (Å²) in [5, 5.41) is 0. The molecule has 0 N–H and O–H groups in total. The average molecular weight is 142 g/mol. The van der Waals surface area contributed by atoms with Crippen molar-refractivity contribution in [1.82, 2.24) is 4.90 Å². The third-order valence-corrected chi connectivity index (χ3v) is 1.51. The van der Waals surface area contributed by atoms with Crippen LogP contribution < -0.4 is 0 Å². The summed E-state index contributed by atoms with van der Waals surface area (Å²) in [5.74, 6) is 0.745. The summed E-state index contributed by atoms with van der Waals surface area (Å²) < 4.78 is 0. The molecule has 0 spiro atoms. The largest absolute Gasteiger partial charge is 0.309 e. The Bertz CT molecular complexity index is 69.1. The third kappa shape index (κ3) is 6.09.